The van der Waals surface area contributed by atoms with Crippen molar-refractivity contribution in [3.05, 3.63) is 72.4 Å². The van der Waals surface area contributed by atoms with Crippen molar-refractivity contribution < 1.29 is 9.53 Å². The maximum absolute atomic E-state index is 12.1. The van der Waals surface area contributed by atoms with Crippen LogP contribution in [-0.4, -0.2) is 27.6 Å². The van der Waals surface area contributed by atoms with Crippen LogP contribution in [0.25, 0.3) is 5.82 Å². The Morgan fingerprint density at radius 1 is 1.22 bits per heavy atom. The molecule has 0 bridgehead atoms. The molecule has 0 saturated carbocycles. The summed E-state index contributed by atoms with van der Waals surface area (Å²) >= 11 is 0. The number of pyridine rings is 1. The second-order valence-electron chi connectivity index (χ2n) is 4.91. The van der Waals surface area contributed by atoms with Gasteiger partial charge in [0.15, 0.2) is 0 Å². The highest BCUT2D eigenvalue weighted by atomic mass is 16.5. The van der Waals surface area contributed by atoms with E-state index in [1.54, 1.807) is 50.1 Å². The van der Waals surface area contributed by atoms with E-state index in [1.165, 1.54) is 0 Å². The Hall–Kier alpha value is -3.15. The van der Waals surface area contributed by atoms with Crippen molar-refractivity contribution >= 4 is 5.91 Å². The van der Waals surface area contributed by atoms with Gasteiger partial charge in [0.25, 0.3) is 5.91 Å². The molecule has 0 aliphatic heterocycles. The van der Waals surface area contributed by atoms with Gasteiger partial charge in [0, 0.05) is 30.7 Å². The van der Waals surface area contributed by atoms with Crippen LogP contribution < -0.4 is 10.1 Å². The van der Waals surface area contributed by atoms with E-state index in [9.17, 15) is 4.79 Å². The second-order valence-corrected chi connectivity index (χ2v) is 4.91. The van der Waals surface area contributed by atoms with Gasteiger partial charge in [-0.05, 0) is 35.9 Å². The fraction of sp³-hybridized carbons (Fsp3) is 0.118. The minimum Gasteiger partial charge on any atom is -0.497 e. The molecule has 0 aliphatic carbocycles. The zero-order chi connectivity index (χ0) is 16.1. The van der Waals surface area contributed by atoms with Gasteiger partial charge in [0.05, 0.1) is 7.11 Å². The van der Waals surface area contributed by atoms with Gasteiger partial charge in [-0.3, -0.25) is 9.36 Å². The molecular formula is C17H16N4O2. The topological polar surface area (TPSA) is 69.0 Å². The van der Waals surface area contributed by atoms with Crippen molar-refractivity contribution in [2.75, 3.05) is 7.11 Å². The third kappa shape index (κ3) is 3.55. The lowest BCUT2D eigenvalue weighted by molar-refractivity contribution is 0.0951. The van der Waals surface area contributed by atoms with Gasteiger partial charge in [-0.15, -0.1) is 0 Å². The highest BCUT2D eigenvalue weighted by Crippen LogP contribution is 2.11. The summed E-state index contributed by atoms with van der Waals surface area (Å²) in [6, 6.07) is 10.8. The van der Waals surface area contributed by atoms with Crippen molar-refractivity contribution in [1.29, 1.82) is 0 Å². The predicted molar refractivity (Wildman–Crippen MR) is 85.5 cm³/mol. The predicted octanol–water partition coefficient (Wildman–Crippen LogP) is 2.21. The van der Waals surface area contributed by atoms with Crippen LogP contribution in [0, 0.1) is 0 Å². The van der Waals surface area contributed by atoms with Crippen molar-refractivity contribution in [2.45, 2.75) is 6.54 Å². The van der Waals surface area contributed by atoms with E-state index >= 15 is 0 Å². The van der Waals surface area contributed by atoms with Gasteiger partial charge in [0.1, 0.15) is 17.9 Å². The number of benzene rings is 1. The zero-order valence-corrected chi connectivity index (χ0v) is 12.6. The smallest absolute Gasteiger partial charge is 0.251 e. The van der Waals surface area contributed by atoms with E-state index < -0.39 is 0 Å². The Balaban J connectivity index is 1.60. The number of imidazole rings is 1. The number of nitrogens with one attached hydrogen (secondary N) is 1. The number of hydrogen-bond donors (Lipinski definition) is 1. The van der Waals surface area contributed by atoms with Gasteiger partial charge >= 0.3 is 0 Å². The number of carbonyl (C=O) groups excluding carboxylic acids is 1. The second kappa shape index (κ2) is 6.74. The number of aromatic nitrogens is 3. The standard InChI is InChI=1S/C17H16N4O2/c1-23-15-5-3-14(4-6-15)17(22)20-11-13-2-7-16(19-10-13)21-9-8-18-12-21/h2-10,12H,11H2,1H3,(H,20,22). The number of amides is 1. The Morgan fingerprint density at radius 3 is 2.65 bits per heavy atom. The molecule has 0 saturated heterocycles. The Labute approximate surface area is 133 Å². The molecule has 0 unspecified atom stereocenters. The summed E-state index contributed by atoms with van der Waals surface area (Å²) in [5.41, 5.74) is 1.52. The van der Waals surface area contributed by atoms with Crippen LogP contribution in [0.5, 0.6) is 5.75 Å². The molecule has 3 aromatic rings. The average Bonchev–Trinajstić information content (AvgIpc) is 3.15. The quantitative estimate of drug-likeness (QED) is 0.784. The van der Waals surface area contributed by atoms with Gasteiger partial charge in [-0.2, -0.15) is 0 Å². The maximum Gasteiger partial charge on any atom is 0.251 e. The van der Waals surface area contributed by atoms with E-state index in [1.807, 2.05) is 22.9 Å². The summed E-state index contributed by atoms with van der Waals surface area (Å²) in [6.07, 6.45) is 6.95. The molecule has 0 atom stereocenters. The fourth-order valence-corrected chi connectivity index (χ4v) is 2.10. The first-order chi connectivity index (χ1) is 11.3. The van der Waals surface area contributed by atoms with Gasteiger partial charge in [-0.25, -0.2) is 9.97 Å². The summed E-state index contributed by atoms with van der Waals surface area (Å²) in [5, 5.41) is 2.87. The monoisotopic (exact) mass is 308 g/mol. The Bertz CT molecular complexity index is 765. The van der Waals surface area contributed by atoms with Crippen LogP contribution in [0.4, 0.5) is 0 Å². The third-order valence-corrected chi connectivity index (χ3v) is 3.38. The van der Waals surface area contributed by atoms with Crippen LogP contribution in [-0.2, 0) is 6.54 Å². The van der Waals surface area contributed by atoms with E-state index in [2.05, 4.69) is 15.3 Å². The normalized spacial score (nSPS) is 10.3. The minimum atomic E-state index is -0.133. The molecule has 23 heavy (non-hydrogen) atoms. The summed E-state index contributed by atoms with van der Waals surface area (Å²) in [7, 11) is 1.59. The number of rotatable bonds is 5. The number of hydrogen-bond acceptors (Lipinski definition) is 4. The van der Waals surface area contributed by atoms with Crippen LogP contribution in [0.3, 0.4) is 0 Å². The third-order valence-electron chi connectivity index (χ3n) is 3.38. The number of methoxy groups -OCH3 is 1. The summed E-state index contributed by atoms with van der Waals surface area (Å²) in [5.74, 6) is 1.37. The Kier molecular flexibility index (Phi) is 4.33. The highest BCUT2D eigenvalue weighted by molar-refractivity contribution is 5.94. The fourth-order valence-electron chi connectivity index (χ4n) is 2.10. The molecular weight excluding hydrogens is 292 g/mol. The van der Waals surface area contributed by atoms with Crippen molar-refractivity contribution in [3.63, 3.8) is 0 Å². The van der Waals surface area contributed by atoms with E-state index in [0.717, 1.165) is 17.1 Å². The molecule has 116 valence electrons. The van der Waals surface area contributed by atoms with Crippen molar-refractivity contribution in [1.82, 2.24) is 19.9 Å². The van der Waals surface area contributed by atoms with E-state index in [4.69, 9.17) is 4.74 Å². The maximum atomic E-state index is 12.1. The summed E-state index contributed by atoms with van der Waals surface area (Å²) in [6.45, 7) is 0.419. The lowest BCUT2D eigenvalue weighted by atomic mass is 10.2. The molecule has 1 N–H and O–H groups in total. The average molecular weight is 308 g/mol. The van der Waals surface area contributed by atoms with Crippen LogP contribution in [0.15, 0.2) is 61.3 Å². The molecule has 0 aliphatic rings. The molecule has 2 heterocycles. The molecule has 0 spiro atoms. The van der Waals surface area contributed by atoms with Crippen LogP contribution in [0.2, 0.25) is 0 Å². The van der Waals surface area contributed by atoms with E-state index in [-0.39, 0.29) is 5.91 Å². The molecule has 3 rings (SSSR count). The number of nitrogens with zero attached hydrogens (tertiary/aromatic N) is 3. The van der Waals surface area contributed by atoms with Crippen molar-refractivity contribution in [3.8, 4) is 11.6 Å². The molecule has 6 heteroatoms. The van der Waals surface area contributed by atoms with Gasteiger partial charge in [0.2, 0.25) is 0 Å². The van der Waals surface area contributed by atoms with Gasteiger partial charge < -0.3 is 10.1 Å². The summed E-state index contributed by atoms with van der Waals surface area (Å²) < 4.78 is 6.89. The Morgan fingerprint density at radius 2 is 2.04 bits per heavy atom. The first-order valence-corrected chi connectivity index (χ1v) is 7.12. The first kappa shape index (κ1) is 14.8. The number of ether oxygens (including phenoxy) is 1. The largest absolute Gasteiger partial charge is 0.497 e. The highest BCUT2D eigenvalue weighted by Gasteiger charge is 2.06. The number of carbonyl (C=O) groups is 1. The lowest BCUT2D eigenvalue weighted by Gasteiger charge is -2.07. The van der Waals surface area contributed by atoms with E-state index in [0.29, 0.717) is 12.1 Å². The molecule has 1 aromatic carbocycles. The zero-order valence-electron chi connectivity index (χ0n) is 12.6. The minimum absolute atomic E-state index is 0.133. The first-order valence-electron chi connectivity index (χ1n) is 7.12. The molecule has 6 nitrogen and oxygen atoms in total. The SMILES string of the molecule is COc1ccc(C(=O)NCc2ccc(-n3ccnc3)nc2)cc1. The summed E-state index contributed by atoms with van der Waals surface area (Å²) in [4.78, 5) is 20.4. The van der Waals surface area contributed by atoms with Crippen molar-refractivity contribution in [2.24, 2.45) is 0 Å². The lowest BCUT2D eigenvalue weighted by Crippen LogP contribution is -2.22. The molecule has 1 amide bonds. The van der Waals surface area contributed by atoms with Crippen LogP contribution in [0.1, 0.15) is 15.9 Å². The molecule has 2 aromatic heterocycles. The molecule has 0 fully saturated rings. The molecule has 0 radical (unpaired) electrons. The van der Waals surface area contributed by atoms with Gasteiger partial charge in [-0.1, -0.05) is 6.07 Å². The van der Waals surface area contributed by atoms with Crippen LogP contribution >= 0.6 is 0 Å².